The number of β-amino-alcohol motifs (C(OH)–C–C–N with tert-alkyl or cyclic N) is 1. The summed E-state index contributed by atoms with van der Waals surface area (Å²) in [5, 5.41) is 15.2. The quantitative estimate of drug-likeness (QED) is 0.785. The maximum atomic E-state index is 14.3. The van der Waals surface area contributed by atoms with Gasteiger partial charge in [0, 0.05) is 25.4 Å². The second-order valence-corrected chi connectivity index (χ2v) is 6.06. The molecule has 7 heteroatoms. The van der Waals surface area contributed by atoms with Gasteiger partial charge in [0.15, 0.2) is 5.65 Å². The van der Waals surface area contributed by atoms with Crippen LogP contribution in [0, 0.1) is 11.6 Å². The van der Waals surface area contributed by atoms with E-state index in [1.54, 1.807) is 24.1 Å². The van der Waals surface area contributed by atoms with E-state index in [0.717, 1.165) is 23.2 Å². The number of aliphatic hydroxyl groups is 1. The molecule has 1 saturated heterocycles. The van der Waals surface area contributed by atoms with E-state index in [1.165, 1.54) is 6.07 Å². The Balaban J connectivity index is 1.84. The average Bonchev–Trinajstić information content (AvgIpc) is 3.13. The van der Waals surface area contributed by atoms with Crippen molar-refractivity contribution in [1.29, 1.82) is 0 Å². The minimum atomic E-state index is -0.613. The molecule has 1 aliphatic heterocycles. The number of benzene rings is 1. The lowest BCUT2D eigenvalue weighted by Gasteiger charge is -2.27. The molecule has 0 unspecified atom stereocenters. The summed E-state index contributed by atoms with van der Waals surface area (Å²) in [6, 6.07) is 4.79. The lowest BCUT2D eigenvalue weighted by molar-refractivity contribution is 0.194. The van der Waals surface area contributed by atoms with Gasteiger partial charge in [0.25, 0.3) is 0 Å². The molecule has 0 amide bonds. The molecule has 0 bridgehead atoms. The van der Waals surface area contributed by atoms with Crippen LogP contribution in [0.4, 0.5) is 14.5 Å². The van der Waals surface area contributed by atoms with Crippen LogP contribution in [-0.4, -0.2) is 32.5 Å². The van der Waals surface area contributed by atoms with Crippen molar-refractivity contribution in [3.05, 3.63) is 53.9 Å². The first-order valence-electron chi connectivity index (χ1n) is 7.71. The molecule has 3 aromatic rings. The highest BCUT2D eigenvalue weighted by molar-refractivity contribution is 5.89. The molecule has 1 N–H and O–H groups in total. The van der Waals surface area contributed by atoms with Crippen LogP contribution in [0.3, 0.4) is 0 Å². The lowest BCUT2D eigenvalue weighted by atomic mass is 10.0. The van der Waals surface area contributed by atoms with E-state index >= 15 is 0 Å². The molecule has 4 rings (SSSR count). The molecule has 24 heavy (non-hydrogen) atoms. The minimum Gasteiger partial charge on any atom is -0.391 e. The van der Waals surface area contributed by atoms with Crippen LogP contribution in [0.1, 0.15) is 18.0 Å². The molecular formula is C17H16F2N4O. The third-order valence-corrected chi connectivity index (χ3v) is 4.52. The van der Waals surface area contributed by atoms with Gasteiger partial charge in [-0.05, 0) is 30.7 Å². The number of hydrogen-bond acceptors (Lipinski definition) is 4. The molecule has 0 aliphatic carbocycles. The normalized spacial score (nSPS) is 20.9. The van der Waals surface area contributed by atoms with Gasteiger partial charge < -0.3 is 10.0 Å². The molecule has 5 nitrogen and oxygen atoms in total. The van der Waals surface area contributed by atoms with Crippen molar-refractivity contribution < 1.29 is 13.9 Å². The molecule has 0 radical (unpaired) electrons. The van der Waals surface area contributed by atoms with Gasteiger partial charge in [-0.1, -0.05) is 0 Å². The van der Waals surface area contributed by atoms with E-state index in [2.05, 4.69) is 10.1 Å². The fraction of sp³-hybridized carbons (Fsp3) is 0.294. The standard InChI is InChI=1S/C17H16F2N4O/c1-22-17-13(8-21-22)15(4-5-20-17)23-9-11(24)7-16(23)12-6-10(18)2-3-14(12)19/h2-6,8,11,16,24H,7,9H2,1H3/t11-,16-/m0/s1. The minimum absolute atomic E-state index is 0.250. The maximum Gasteiger partial charge on any atom is 0.159 e. The Morgan fingerprint density at radius 3 is 2.92 bits per heavy atom. The summed E-state index contributed by atoms with van der Waals surface area (Å²) in [5.74, 6) is -0.967. The fourth-order valence-corrected chi connectivity index (χ4v) is 3.43. The maximum absolute atomic E-state index is 14.3. The predicted molar refractivity (Wildman–Crippen MR) is 85.6 cm³/mol. The van der Waals surface area contributed by atoms with Crippen LogP contribution in [0.25, 0.3) is 11.0 Å². The van der Waals surface area contributed by atoms with E-state index < -0.39 is 23.8 Å². The van der Waals surface area contributed by atoms with Crippen LogP contribution < -0.4 is 4.90 Å². The monoisotopic (exact) mass is 330 g/mol. The number of aliphatic hydroxyl groups excluding tert-OH is 1. The van der Waals surface area contributed by atoms with Crippen molar-refractivity contribution in [3.8, 4) is 0 Å². The Hall–Kier alpha value is -2.54. The molecule has 1 aliphatic rings. The SMILES string of the molecule is Cn1ncc2c(N3C[C@@H](O)C[C@H]3c3cc(F)ccc3F)ccnc21. The van der Waals surface area contributed by atoms with Gasteiger partial charge >= 0.3 is 0 Å². The van der Waals surface area contributed by atoms with Crippen molar-refractivity contribution in [2.24, 2.45) is 7.05 Å². The molecule has 0 saturated carbocycles. The van der Waals surface area contributed by atoms with Gasteiger partial charge in [0.2, 0.25) is 0 Å². The third kappa shape index (κ3) is 2.32. The highest BCUT2D eigenvalue weighted by Crippen LogP contribution is 2.39. The van der Waals surface area contributed by atoms with E-state index in [0.29, 0.717) is 18.6 Å². The van der Waals surface area contributed by atoms with Crippen molar-refractivity contribution in [3.63, 3.8) is 0 Å². The molecule has 0 spiro atoms. The van der Waals surface area contributed by atoms with Gasteiger partial charge in [-0.15, -0.1) is 0 Å². The number of rotatable bonds is 2. The number of nitrogens with zero attached hydrogens (tertiary/aromatic N) is 4. The first-order chi connectivity index (χ1) is 11.5. The summed E-state index contributed by atoms with van der Waals surface area (Å²) in [4.78, 5) is 6.20. The highest BCUT2D eigenvalue weighted by Gasteiger charge is 2.35. The van der Waals surface area contributed by atoms with E-state index in [4.69, 9.17) is 0 Å². The van der Waals surface area contributed by atoms with Crippen molar-refractivity contribution >= 4 is 16.7 Å². The smallest absolute Gasteiger partial charge is 0.159 e. The second-order valence-electron chi connectivity index (χ2n) is 6.06. The average molecular weight is 330 g/mol. The molecule has 2 aromatic heterocycles. The number of pyridine rings is 1. The zero-order valence-electron chi connectivity index (χ0n) is 13.0. The van der Waals surface area contributed by atoms with Gasteiger partial charge in [-0.25, -0.2) is 13.8 Å². The summed E-state index contributed by atoms with van der Waals surface area (Å²) >= 11 is 0. The number of halogens is 2. The third-order valence-electron chi connectivity index (χ3n) is 4.52. The number of aryl methyl sites for hydroxylation is 1. The molecular weight excluding hydrogens is 314 g/mol. The van der Waals surface area contributed by atoms with Crippen molar-refractivity contribution in [2.45, 2.75) is 18.6 Å². The molecule has 3 heterocycles. The van der Waals surface area contributed by atoms with E-state index in [9.17, 15) is 13.9 Å². The topological polar surface area (TPSA) is 54.2 Å². The Morgan fingerprint density at radius 2 is 2.08 bits per heavy atom. The summed E-state index contributed by atoms with van der Waals surface area (Å²) in [5.41, 5.74) is 1.76. The summed E-state index contributed by atoms with van der Waals surface area (Å²) in [6.45, 7) is 0.342. The Labute approximate surface area is 137 Å². The summed E-state index contributed by atoms with van der Waals surface area (Å²) in [6.07, 6.45) is 3.08. The summed E-state index contributed by atoms with van der Waals surface area (Å²) in [7, 11) is 1.79. The fourth-order valence-electron chi connectivity index (χ4n) is 3.43. The Bertz CT molecular complexity index is 911. The Kier molecular flexibility index (Phi) is 3.45. The first-order valence-corrected chi connectivity index (χ1v) is 7.71. The number of aromatic nitrogens is 3. The van der Waals surface area contributed by atoms with Crippen LogP contribution in [0.15, 0.2) is 36.7 Å². The highest BCUT2D eigenvalue weighted by atomic mass is 19.1. The number of hydrogen-bond donors (Lipinski definition) is 1. The van der Waals surface area contributed by atoms with E-state index in [1.807, 2.05) is 11.0 Å². The summed E-state index contributed by atoms with van der Waals surface area (Å²) < 4.78 is 29.5. The van der Waals surface area contributed by atoms with Crippen LogP contribution in [0.2, 0.25) is 0 Å². The molecule has 1 fully saturated rings. The lowest BCUT2D eigenvalue weighted by Crippen LogP contribution is -2.25. The van der Waals surface area contributed by atoms with Gasteiger partial charge in [0.05, 0.1) is 29.4 Å². The van der Waals surface area contributed by atoms with E-state index in [-0.39, 0.29) is 5.56 Å². The van der Waals surface area contributed by atoms with Gasteiger partial charge in [-0.3, -0.25) is 4.68 Å². The number of fused-ring (bicyclic) bond motifs is 1. The molecule has 124 valence electrons. The van der Waals surface area contributed by atoms with Gasteiger partial charge in [-0.2, -0.15) is 5.10 Å². The molecule has 2 atom stereocenters. The van der Waals surface area contributed by atoms with Crippen LogP contribution >= 0.6 is 0 Å². The predicted octanol–water partition coefficient (Wildman–Crippen LogP) is 2.56. The number of anilines is 1. The van der Waals surface area contributed by atoms with Crippen LogP contribution in [0.5, 0.6) is 0 Å². The Morgan fingerprint density at radius 1 is 1.25 bits per heavy atom. The van der Waals surface area contributed by atoms with Crippen LogP contribution in [-0.2, 0) is 7.05 Å². The zero-order chi connectivity index (χ0) is 16.8. The first kappa shape index (κ1) is 15.0. The zero-order valence-corrected chi connectivity index (χ0v) is 13.0. The largest absolute Gasteiger partial charge is 0.391 e. The van der Waals surface area contributed by atoms with Crippen molar-refractivity contribution in [1.82, 2.24) is 14.8 Å². The second kappa shape index (κ2) is 5.52. The molecule has 1 aromatic carbocycles. The van der Waals surface area contributed by atoms with Gasteiger partial charge in [0.1, 0.15) is 11.6 Å². The van der Waals surface area contributed by atoms with Crippen molar-refractivity contribution in [2.75, 3.05) is 11.4 Å².